The molecule has 1 heterocycles. The van der Waals surface area contributed by atoms with Gasteiger partial charge in [0.2, 0.25) is 11.8 Å². The summed E-state index contributed by atoms with van der Waals surface area (Å²) in [5, 5.41) is 3.10. The summed E-state index contributed by atoms with van der Waals surface area (Å²) < 4.78 is 5.10. The van der Waals surface area contributed by atoms with E-state index in [9.17, 15) is 14.4 Å². The number of hydrogen-bond donors (Lipinski definition) is 1. The van der Waals surface area contributed by atoms with Gasteiger partial charge in [0.15, 0.2) is 0 Å². The Morgan fingerprint density at radius 2 is 1.76 bits per heavy atom. The van der Waals surface area contributed by atoms with E-state index >= 15 is 0 Å². The maximum Gasteiger partial charge on any atom is 0.333 e. The number of carbonyl (C=O) groups is 3. The molecule has 33 heavy (non-hydrogen) atoms. The molecule has 7 nitrogen and oxygen atoms in total. The zero-order valence-electron chi connectivity index (χ0n) is 22.5. The number of piperidine rings is 1. The van der Waals surface area contributed by atoms with Gasteiger partial charge >= 0.3 is 5.97 Å². The van der Waals surface area contributed by atoms with Crippen LogP contribution in [0.1, 0.15) is 81.6 Å². The van der Waals surface area contributed by atoms with Gasteiger partial charge in [-0.25, -0.2) is 4.79 Å². The van der Waals surface area contributed by atoms with Crippen LogP contribution in [-0.2, 0) is 19.1 Å². The number of nitrogens with one attached hydrogen (secondary N) is 1. The Kier molecular flexibility index (Phi) is 11.1. The second kappa shape index (κ2) is 12.5. The van der Waals surface area contributed by atoms with E-state index in [0.717, 1.165) is 25.8 Å². The molecule has 1 fully saturated rings. The van der Waals surface area contributed by atoms with Crippen LogP contribution in [0.5, 0.6) is 0 Å². The first-order chi connectivity index (χ1) is 15.2. The maximum atomic E-state index is 13.7. The van der Waals surface area contributed by atoms with Crippen LogP contribution in [0.3, 0.4) is 0 Å². The molecule has 1 aliphatic rings. The van der Waals surface area contributed by atoms with Gasteiger partial charge in [0, 0.05) is 18.7 Å². The molecule has 0 unspecified atom stereocenters. The van der Waals surface area contributed by atoms with Crippen LogP contribution in [0.4, 0.5) is 0 Å². The van der Waals surface area contributed by atoms with Crippen LogP contribution in [0.25, 0.3) is 0 Å². The highest BCUT2D eigenvalue weighted by molar-refractivity contribution is 5.91. The molecule has 0 radical (unpaired) electrons. The minimum Gasteiger partial charge on any atom is -0.463 e. The zero-order chi connectivity index (χ0) is 25.5. The van der Waals surface area contributed by atoms with Crippen molar-refractivity contribution < 1.29 is 19.1 Å². The lowest BCUT2D eigenvalue weighted by Crippen LogP contribution is -2.60. The highest BCUT2D eigenvalue weighted by Crippen LogP contribution is 2.26. The lowest BCUT2D eigenvalue weighted by Gasteiger charge is -2.41. The second-order valence-corrected chi connectivity index (χ2v) is 10.9. The average Bonchev–Trinajstić information content (AvgIpc) is 2.73. The summed E-state index contributed by atoms with van der Waals surface area (Å²) >= 11 is 0. The van der Waals surface area contributed by atoms with Crippen LogP contribution in [-0.4, -0.2) is 72.0 Å². The monoisotopic (exact) mass is 465 g/mol. The van der Waals surface area contributed by atoms with Gasteiger partial charge in [0.1, 0.15) is 6.04 Å². The van der Waals surface area contributed by atoms with Crippen LogP contribution >= 0.6 is 0 Å². The summed E-state index contributed by atoms with van der Waals surface area (Å²) in [6, 6.07) is -0.920. The topological polar surface area (TPSA) is 79.0 Å². The molecular formula is C26H47N3O4. The summed E-state index contributed by atoms with van der Waals surface area (Å²) in [5.74, 6) is -0.538. The van der Waals surface area contributed by atoms with Crippen LogP contribution < -0.4 is 5.32 Å². The number of likely N-dealkylation sites (tertiary alicyclic amines) is 1. The van der Waals surface area contributed by atoms with E-state index in [0.29, 0.717) is 12.2 Å². The summed E-state index contributed by atoms with van der Waals surface area (Å²) in [4.78, 5) is 43.1. The second-order valence-electron chi connectivity index (χ2n) is 10.9. The van der Waals surface area contributed by atoms with E-state index in [1.54, 1.807) is 31.9 Å². The average molecular weight is 466 g/mol. The summed E-state index contributed by atoms with van der Waals surface area (Å²) in [5.41, 5.74) is 0.000989. The van der Waals surface area contributed by atoms with Crippen molar-refractivity contribution in [1.82, 2.24) is 15.1 Å². The summed E-state index contributed by atoms with van der Waals surface area (Å²) in [7, 11) is 1.74. The molecule has 1 N–H and O–H groups in total. The molecule has 0 bridgehead atoms. The van der Waals surface area contributed by atoms with Crippen molar-refractivity contribution >= 4 is 17.8 Å². The number of ether oxygens (including phenoxy) is 1. The van der Waals surface area contributed by atoms with Crippen LogP contribution in [0.15, 0.2) is 11.6 Å². The normalized spacial score (nSPS) is 19.9. The third-order valence-electron chi connectivity index (χ3n) is 6.41. The van der Waals surface area contributed by atoms with Crippen molar-refractivity contribution in [2.75, 3.05) is 20.2 Å². The van der Waals surface area contributed by atoms with Crippen molar-refractivity contribution in [3.8, 4) is 0 Å². The van der Waals surface area contributed by atoms with Gasteiger partial charge < -0.3 is 15.0 Å². The third-order valence-corrected chi connectivity index (χ3v) is 6.41. The van der Waals surface area contributed by atoms with Gasteiger partial charge in [-0.2, -0.15) is 0 Å². The molecule has 1 aliphatic heterocycles. The lowest BCUT2D eigenvalue weighted by molar-refractivity contribution is -0.142. The number of likely N-dealkylation sites (N-methyl/N-ethyl adjacent to an activating group) is 1. The van der Waals surface area contributed by atoms with Gasteiger partial charge in [-0.3, -0.25) is 14.5 Å². The molecule has 0 aromatic rings. The highest BCUT2D eigenvalue weighted by Gasteiger charge is 2.39. The molecule has 190 valence electrons. The Morgan fingerprint density at radius 1 is 1.15 bits per heavy atom. The fourth-order valence-corrected chi connectivity index (χ4v) is 4.41. The number of amides is 2. The third kappa shape index (κ3) is 8.13. The highest BCUT2D eigenvalue weighted by atomic mass is 16.5. The molecule has 0 aromatic carbocycles. The van der Waals surface area contributed by atoms with Gasteiger partial charge in [-0.15, -0.1) is 0 Å². The van der Waals surface area contributed by atoms with E-state index in [-0.39, 0.29) is 41.8 Å². The first-order valence-corrected chi connectivity index (χ1v) is 12.4. The lowest BCUT2D eigenvalue weighted by atomic mass is 9.84. The minimum atomic E-state index is -0.677. The summed E-state index contributed by atoms with van der Waals surface area (Å²) in [6.45, 7) is 18.8. The van der Waals surface area contributed by atoms with Crippen molar-refractivity contribution in [2.45, 2.75) is 106 Å². The standard InChI is InChI=1S/C26H47N3O4/c1-11-33-25(32)19(6)16-21(17(2)3)28(10)24(31)22(26(7,8)9)27-23(30)20-14-12-13-15-29(20)18(4)5/h16-18,20-22H,11-15H2,1-10H3,(H,27,30)/b19-16+/t20-,21+,22-/m1/s1. The quantitative estimate of drug-likeness (QED) is 0.414. The zero-order valence-corrected chi connectivity index (χ0v) is 22.5. The van der Waals surface area contributed by atoms with Crippen molar-refractivity contribution in [2.24, 2.45) is 11.3 Å². The molecule has 0 aromatic heterocycles. The largest absolute Gasteiger partial charge is 0.463 e. The van der Waals surface area contributed by atoms with Gasteiger partial charge in [-0.05, 0) is 58.4 Å². The van der Waals surface area contributed by atoms with Crippen LogP contribution in [0.2, 0.25) is 0 Å². The van der Waals surface area contributed by atoms with Crippen molar-refractivity contribution in [1.29, 1.82) is 0 Å². The number of rotatable bonds is 9. The fraction of sp³-hybridized carbons (Fsp3) is 0.808. The van der Waals surface area contributed by atoms with E-state index in [2.05, 4.69) is 24.1 Å². The predicted molar refractivity (Wildman–Crippen MR) is 133 cm³/mol. The van der Waals surface area contributed by atoms with Crippen molar-refractivity contribution in [3.63, 3.8) is 0 Å². The van der Waals surface area contributed by atoms with Gasteiger partial charge in [0.25, 0.3) is 0 Å². The predicted octanol–water partition coefficient (Wildman–Crippen LogP) is 3.77. The molecule has 0 aliphatic carbocycles. The molecule has 7 heteroatoms. The maximum absolute atomic E-state index is 13.7. The molecular weight excluding hydrogens is 418 g/mol. The molecule has 1 saturated heterocycles. The first kappa shape index (κ1) is 29.1. The van der Waals surface area contributed by atoms with Crippen molar-refractivity contribution in [3.05, 3.63) is 11.6 Å². The smallest absolute Gasteiger partial charge is 0.333 e. The van der Waals surface area contributed by atoms with Crippen LogP contribution in [0, 0.1) is 11.3 Å². The Bertz CT molecular complexity index is 709. The van der Waals surface area contributed by atoms with Gasteiger partial charge in [-0.1, -0.05) is 47.1 Å². The number of carbonyl (C=O) groups excluding carboxylic acids is 3. The molecule has 3 atom stereocenters. The number of hydrogen-bond acceptors (Lipinski definition) is 5. The van der Waals surface area contributed by atoms with E-state index in [1.165, 1.54) is 0 Å². The van der Waals surface area contributed by atoms with E-state index < -0.39 is 11.5 Å². The number of nitrogens with zero attached hydrogens (tertiary/aromatic N) is 2. The first-order valence-electron chi connectivity index (χ1n) is 12.4. The minimum absolute atomic E-state index is 0.0782. The molecule has 2 amide bonds. The Morgan fingerprint density at radius 3 is 2.24 bits per heavy atom. The Hall–Kier alpha value is -1.89. The van der Waals surface area contributed by atoms with E-state index in [4.69, 9.17) is 4.74 Å². The number of esters is 1. The Balaban J connectivity index is 3.15. The van der Waals surface area contributed by atoms with Gasteiger partial charge in [0.05, 0.1) is 18.7 Å². The fourth-order valence-electron chi connectivity index (χ4n) is 4.41. The van der Waals surface area contributed by atoms with E-state index in [1.807, 2.05) is 34.6 Å². The SMILES string of the molecule is CCOC(=O)/C(C)=C/[C@@H](C(C)C)N(C)C(=O)[C@@H](NC(=O)[C@H]1CCCCN1C(C)C)C(C)(C)C. The summed E-state index contributed by atoms with van der Waals surface area (Å²) in [6.07, 6.45) is 4.71. The molecule has 0 saturated carbocycles. The molecule has 1 rings (SSSR count). The Labute approximate surface area is 201 Å². The molecule has 0 spiro atoms.